The van der Waals surface area contributed by atoms with E-state index in [-0.39, 0.29) is 30.7 Å². The largest absolute Gasteiger partial charge is 0.278 e. The number of hydrogen-bond donors (Lipinski definition) is 0. The van der Waals surface area contributed by atoms with Crippen LogP contribution in [-0.4, -0.2) is 16.7 Å². The molecular formula is C19H16N2O2. The van der Waals surface area contributed by atoms with Crippen molar-refractivity contribution in [3.63, 3.8) is 0 Å². The van der Waals surface area contributed by atoms with E-state index in [2.05, 4.69) is 6.07 Å². The first kappa shape index (κ1) is 15.0. The molecule has 23 heavy (non-hydrogen) atoms. The number of carbonyl (C=O) groups is 2. The summed E-state index contributed by atoms with van der Waals surface area (Å²) in [5.41, 5.74) is 2.39. The SMILES string of the molecule is N#Cc1cccc(CN2C(=O)CC(Cc3ccccc3)C2=O)c1. The van der Waals surface area contributed by atoms with Crippen LogP contribution in [0.1, 0.15) is 23.1 Å². The summed E-state index contributed by atoms with van der Waals surface area (Å²) in [6.45, 7) is 0.235. The van der Waals surface area contributed by atoms with Crippen LogP contribution in [0.5, 0.6) is 0 Å². The number of benzene rings is 2. The first-order valence-electron chi connectivity index (χ1n) is 7.54. The van der Waals surface area contributed by atoms with Gasteiger partial charge >= 0.3 is 0 Å². The fourth-order valence-electron chi connectivity index (χ4n) is 2.90. The molecular weight excluding hydrogens is 288 g/mol. The van der Waals surface area contributed by atoms with Crippen LogP contribution in [0.2, 0.25) is 0 Å². The number of imide groups is 1. The van der Waals surface area contributed by atoms with E-state index in [1.54, 1.807) is 18.2 Å². The average Bonchev–Trinajstić information content (AvgIpc) is 2.83. The minimum absolute atomic E-state index is 0.124. The van der Waals surface area contributed by atoms with Crippen LogP contribution in [-0.2, 0) is 22.6 Å². The van der Waals surface area contributed by atoms with Crippen molar-refractivity contribution in [1.82, 2.24) is 4.90 Å². The molecule has 0 saturated carbocycles. The first-order chi connectivity index (χ1) is 11.2. The fourth-order valence-corrected chi connectivity index (χ4v) is 2.90. The van der Waals surface area contributed by atoms with Gasteiger partial charge in [-0.15, -0.1) is 0 Å². The fraction of sp³-hybridized carbons (Fsp3) is 0.211. The molecule has 2 aromatic rings. The Bertz CT molecular complexity index is 777. The summed E-state index contributed by atoms with van der Waals surface area (Å²) in [5, 5.41) is 8.94. The Labute approximate surface area is 135 Å². The lowest BCUT2D eigenvalue weighted by Crippen LogP contribution is -2.30. The van der Waals surface area contributed by atoms with Crippen LogP contribution in [0.15, 0.2) is 54.6 Å². The van der Waals surface area contributed by atoms with Gasteiger partial charge in [-0.25, -0.2) is 0 Å². The average molecular weight is 304 g/mol. The number of rotatable bonds is 4. The number of likely N-dealkylation sites (tertiary alicyclic amines) is 1. The third kappa shape index (κ3) is 3.29. The van der Waals surface area contributed by atoms with E-state index >= 15 is 0 Å². The van der Waals surface area contributed by atoms with Gasteiger partial charge < -0.3 is 0 Å². The zero-order valence-corrected chi connectivity index (χ0v) is 12.6. The zero-order chi connectivity index (χ0) is 16.2. The zero-order valence-electron chi connectivity index (χ0n) is 12.6. The summed E-state index contributed by atoms with van der Waals surface area (Å²) < 4.78 is 0. The number of amides is 2. The van der Waals surface area contributed by atoms with Crippen molar-refractivity contribution >= 4 is 11.8 Å². The Balaban J connectivity index is 1.72. The van der Waals surface area contributed by atoms with Crippen LogP contribution >= 0.6 is 0 Å². The van der Waals surface area contributed by atoms with Crippen molar-refractivity contribution in [3.8, 4) is 6.07 Å². The molecule has 0 aromatic heterocycles. The number of nitrogens with zero attached hydrogens (tertiary/aromatic N) is 2. The molecule has 0 aliphatic carbocycles. The molecule has 1 aliphatic heterocycles. The van der Waals surface area contributed by atoms with Gasteiger partial charge in [0.2, 0.25) is 11.8 Å². The van der Waals surface area contributed by atoms with Gasteiger partial charge in [0, 0.05) is 6.42 Å². The van der Waals surface area contributed by atoms with Gasteiger partial charge in [-0.05, 0) is 29.7 Å². The van der Waals surface area contributed by atoms with Crippen LogP contribution in [0.3, 0.4) is 0 Å². The second-order valence-corrected chi connectivity index (χ2v) is 5.72. The van der Waals surface area contributed by atoms with E-state index in [0.29, 0.717) is 12.0 Å². The molecule has 3 rings (SSSR count). The molecule has 2 amide bonds. The highest BCUT2D eigenvalue weighted by Crippen LogP contribution is 2.25. The molecule has 1 saturated heterocycles. The van der Waals surface area contributed by atoms with Gasteiger partial charge in [-0.3, -0.25) is 14.5 Å². The van der Waals surface area contributed by atoms with Crippen molar-refractivity contribution < 1.29 is 9.59 Å². The summed E-state index contributed by atoms with van der Waals surface area (Å²) in [6.07, 6.45) is 0.839. The lowest BCUT2D eigenvalue weighted by molar-refractivity contribution is -0.140. The summed E-state index contributed by atoms with van der Waals surface area (Å²) in [6, 6.07) is 18.8. The molecule has 1 unspecified atom stereocenters. The normalized spacial score (nSPS) is 17.3. The summed E-state index contributed by atoms with van der Waals surface area (Å²) in [5.74, 6) is -0.552. The van der Waals surface area contributed by atoms with Gasteiger partial charge in [-0.1, -0.05) is 42.5 Å². The third-order valence-electron chi connectivity index (χ3n) is 4.06. The molecule has 0 spiro atoms. The van der Waals surface area contributed by atoms with Gasteiger partial charge in [0.25, 0.3) is 0 Å². The Kier molecular flexibility index (Phi) is 4.20. The molecule has 0 bridgehead atoms. The standard InChI is InChI=1S/C19H16N2O2/c20-12-15-7-4-8-16(9-15)13-21-18(22)11-17(19(21)23)10-14-5-2-1-3-6-14/h1-9,17H,10-11,13H2. The Hall–Kier alpha value is -2.93. The maximum Gasteiger partial charge on any atom is 0.233 e. The number of hydrogen-bond acceptors (Lipinski definition) is 3. The van der Waals surface area contributed by atoms with Crippen LogP contribution in [0, 0.1) is 17.2 Å². The van der Waals surface area contributed by atoms with E-state index < -0.39 is 0 Å². The van der Waals surface area contributed by atoms with Crippen LogP contribution in [0.25, 0.3) is 0 Å². The van der Waals surface area contributed by atoms with E-state index in [4.69, 9.17) is 5.26 Å². The minimum Gasteiger partial charge on any atom is -0.278 e. The molecule has 4 nitrogen and oxygen atoms in total. The summed E-state index contributed by atoms with van der Waals surface area (Å²) in [7, 11) is 0. The molecule has 114 valence electrons. The predicted octanol–water partition coefficient (Wildman–Crippen LogP) is 2.68. The second-order valence-electron chi connectivity index (χ2n) is 5.72. The van der Waals surface area contributed by atoms with Crippen molar-refractivity contribution in [2.45, 2.75) is 19.4 Å². The van der Waals surface area contributed by atoms with Crippen molar-refractivity contribution in [2.75, 3.05) is 0 Å². The van der Waals surface area contributed by atoms with Gasteiger partial charge in [0.1, 0.15) is 0 Å². The number of nitriles is 1. The van der Waals surface area contributed by atoms with Crippen molar-refractivity contribution in [3.05, 3.63) is 71.3 Å². The van der Waals surface area contributed by atoms with E-state index in [9.17, 15) is 9.59 Å². The smallest absolute Gasteiger partial charge is 0.233 e. The second kappa shape index (κ2) is 6.45. The maximum absolute atomic E-state index is 12.5. The van der Waals surface area contributed by atoms with Crippen molar-refractivity contribution in [1.29, 1.82) is 5.26 Å². The minimum atomic E-state index is -0.288. The highest BCUT2D eigenvalue weighted by atomic mass is 16.2. The molecule has 1 heterocycles. The quantitative estimate of drug-likeness (QED) is 0.816. The van der Waals surface area contributed by atoms with Crippen molar-refractivity contribution in [2.24, 2.45) is 5.92 Å². The third-order valence-corrected chi connectivity index (χ3v) is 4.06. The summed E-state index contributed by atoms with van der Waals surface area (Å²) in [4.78, 5) is 26.0. The first-order valence-corrected chi connectivity index (χ1v) is 7.54. The van der Waals surface area contributed by atoms with Crippen LogP contribution < -0.4 is 0 Å². The highest BCUT2D eigenvalue weighted by molar-refractivity contribution is 6.03. The molecule has 2 aromatic carbocycles. The maximum atomic E-state index is 12.5. The molecule has 0 radical (unpaired) electrons. The highest BCUT2D eigenvalue weighted by Gasteiger charge is 2.38. The topological polar surface area (TPSA) is 61.2 Å². The van der Waals surface area contributed by atoms with Gasteiger partial charge in [0.05, 0.1) is 24.1 Å². The Morgan fingerprint density at radius 3 is 2.52 bits per heavy atom. The number of carbonyl (C=O) groups excluding carboxylic acids is 2. The Morgan fingerprint density at radius 1 is 1.04 bits per heavy atom. The van der Waals surface area contributed by atoms with E-state index in [1.807, 2.05) is 36.4 Å². The van der Waals surface area contributed by atoms with Gasteiger partial charge in [0.15, 0.2) is 0 Å². The Morgan fingerprint density at radius 2 is 1.78 bits per heavy atom. The summed E-state index contributed by atoms with van der Waals surface area (Å²) >= 11 is 0. The lowest BCUT2D eigenvalue weighted by atomic mass is 9.98. The molecule has 0 N–H and O–H groups in total. The van der Waals surface area contributed by atoms with Crippen LogP contribution in [0.4, 0.5) is 0 Å². The lowest BCUT2D eigenvalue weighted by Gasteiger charge is -2.15. The molecule has 1 atom stereocenters. The van der Waals surface area contributed by atoms with E-state index in [0.717, 1.165) is 11.1 Å². The van der Waals surface area contributed by atoms with Gasteiger partial charge in [-0.2, -0.15) is 5.26 Å². The molecule has 4 heteroatoms. The van der Waals surface area contributed by atoms with E-state index in [1.165, 1.54) is 4.90 Å². The monoisotopic (exact) mass is 304 g/mol. The predicted molar refractivity (Wildman–Crippen MR) is 85.0 cm³/mol. The molecule has 1 fully saturated rings. The molecule has 1 aliphatic rings.